The first-order valence-corrected chi connectivity index (χ1v) is 6.96. The second-order valence-corrected chi connectivity index (χ2v) is 5.84. The number of carbonyl (C=O) groups is 1. The van der Waals surface area contributed by atoms with E-state index in [1.54, 1.807) is 24.4 Å². The SMILES string of the molecule is C[C@H](NC(=O)Cn1ccccc1=O)c1ccc(Cl)s1. The van der Waals surface area contributed by atoms with E-state index in [2.05, 4.69) is 5.32 Å². The third-order valence-electron chi connectivity index (χ3n) is 2.61. The monoisotopic (exact) mass is 296 g/mol. The summed E-state index contributed by atoms with van der Waals surface area (Å²) >= 11 is 7.28. The van der Waals surface area contributed by atoms with Crippen LogP contribution in [0.1, 0.15) is 17.8 Å². The molecule has 0 saturated heterocycles. The minimum atomic E-state index is -0.203. The molecule has 0 unspecified atom stereocenters. The highest BCUT2D eigenvalue weighted by atomic mass is 35.5. The van der Waals surface area contributed by atoms with Crippen LogP contribution in [-0.4, -0.2) is 10.5 Å². The van der Waals surface area contributed by atoms with Crippen molar-refractivity contribution in [3.8, 4) is 0 Å². The number of pyridine rings is 1. The third kappa shape index (κ3) is 3.68. The Morgan fingerprint density at radius 3 is 2.84 bits per heavy atom. The molecule has 0 aliphatic carbocycles. The van der Waals surface area contributed by atoms with Gasteiger partial charge in [0.2, 0.25) is 5.91 Å². The van der Waals surface area contributed by atoms with Crippen molar-refractivity contribution in [2.75, 3.05) is 0 Å². The first-order chi connectivity index (χ1) is 9.06. The highest BCUT2D eigenvalue weighted by Gasteiger charge is 2.12. The van der Waals surface area contributed by atoms with Crippen molar-refractivity contribution in [3.63, 3.8) is 0 Å². The number of halogens is 1. The zero-order valence-corrected chi connectivity index (χ0v) is 11.9. The quantitative estimate of drug-likeness (QED) is 0.942. The van der Waals surface area contributed by atoms with E-state index < -0.39 is 0 Å². The lowest BCUT2D eigenvalue weighted by atomic mass is 10.3. The molecule has 0 radical (unpaired) electrons. The minimum absolute atomic E-state index is 0.0170. The molecule has 4 nitrogen and oxygen atoms in total. The molecule has 0 aliphatic heterocycles. The van der Waals surface area contributed by atoms with Gasteiger partial charge < -0.3 is 9.88 Å². The molecular formula is C13H13ClN2O2S. The van der Waals surface area contributed by atoms with Gasteiger partial charge in [0.05, 0.1) is 10.4 Å². The minimum Gasteiger partial charge on any atom is -0.347 e. The molecule has 1 atom stereocenters. The second-order valence-electron chi connectivity index (χ2n) is 4.10. The number of carbonyl (C=O) groups excluding carboxylic acids is 1. The van der Waals surface area contributed by atoms with Crippen LogP contribution in [0.25, 0.3) is 0 Å². The van der Waals surface area contributed by atoms with Crippen LogP contribution >= 0.6 is 22.9 Å². The highest BCUT2D eigenvalue weighted by molar-refractivity contribution is 7.16. The first-order valence-electron chi connectivity index (χ1n) is 5.76. The smallest absolute Gasteiger partial charge is 0.250 e. The second kappa shape index (κ2) is 6.04. The van der Waals surface area contributed by atoms with Gasteiger partial charge in [-0.25, -0.2) is 0 Å². The molecule has 2 rings (SSSR count). The van der Waals surface area contributed by atoms with Crippen LogP contribution < -0.4 is 10.9 Å². The van der Waals surface area contributed by atoms with Gasteiger partial charge in [-0.2, -0.15) is 0 Å². The van der Waals surface area contributed by atoms with E-state index in [0.717, 1.165) is 4.88 Å². The fraction of sp³-hybridized carbons (Fsp3) is 0.231. The van der Waals surface area contributed by atoms with Crippen molar-refractivity contribution >= 4 is 28.8 Å². The van der Waals surface area contributed by atoms with Crippen molar-refractivity contribution in [2.45, 2.75) is 19.5 Å². The number of aromatic nitrogens is 1. The molecule has 100 valence electrons. The molecule has 0 bridgehead atoms. The molecule has 0 aromatic carbocycles. The third-order valence-corrected chi connectivity index (χ3v) is 4.03. The topological polar surface area (TPSA) is 51.1 Å². The standard InChI is InChI=1S/C13H13ClN2O2S/c1-9(10-5-6-11(14)19-10)15-12(17)8-16-7-3-2-4-13(16)18/h2-7,9H,8H2,1H3,(H,15,17)/t9-/m0/s1. The van der Waals surface area contributed by atoms with Gasteiger partial charge in [0.15, 0.2) is 0 Å². The number of nitrogens with zero attached hydrogens (tertiary/aromatic N) is 1. The van der Waals surface area contributed by atoms with Gasteiger partial charge in [0.1, 0.15) is 6.54 Å². The Balaban J connectivity index is 1.98. The van der Waals surface area contributed by atoms with Gasteiger partial charge in [-0.1, -0.05) is 17.7 Å². The molecule has 2 aromatic rings. The molecule has 19 heavy (non-hydrogen) atoms. The summed E-state index contributed by atoms with van der Waals surface area (Å²) in [6, 6.07) is 8.35. The first kappa shape index (κ1) is 13.8. The van der Waals surface area contributed by atoms with Crippen LogP contribution in [0.3, 0.4) is 0 Å². The van der Waals surface area contributed by atoms with E-state index in [1.165, 1.54) is 22.0 Å². The Kier molecular flexibility index (Phi) is 4.39. The molecule has 2 aromatic heterocycles. The van der Waals surface area contributed by atoms with E-state index in [0.29, 0.717) is 4.34 Å². The van der Waals surface area contributed by atoms with Gasteiger partial charge in [-0.05, 0) is 25.1 Å². The molecule has 2 heterocycles. The molecule has 0 saturated carbocycles. The maximum atomic E-state index is 11.9. The maximum Gasteiger partial charge on any atom is 0.250 e. The largest absolute Gasteiger partial charge is 0.347 e. The Labute approximate surface area is 119 Å². The summed E-state index contributed by atoms with van der Waals surface area (Å²) in [4.78, 5) is 24.3. The fourth-order valence-corrected chi connectivity index (χ4v) is 2.73. The molecule has 1 N–H and O–H groups in total. The van der Waals surface area contributed by atoms with Crippen LogP contribution in [0.2, 0.25) is 4.34 Å². The van der Waals surface area contributed by atoms with Crippen LogP contribution in [0.5, 0.6) is 0 Å². The number of rotatable bonds is 4. The molecule has 0 fully saturated rings. The Bertz CT molecular complexity index is 635. The van der Waals surface area contributed by atoms with E-state index in [4.69, 9.17) is 11.6 Å². The molecule has 1 amide bonds. The lowest BCUT2D eigenvalue weighted by Crippen LogP contribution is -2.33. The average molecular weight is 297 g/mol. The highest BCUT2D eigenvalue weighted by Crippen LogP contribution is 2.26. The van der Waals surface area contributed by atoms with E-state index >= 15 is 0 Å². The van der Waals surface area contributed by atoms with Crippen molar-refractivity contribution in [2.24, 2.45) is 0 Å². The van der Waals surface area contributed by atoms with Crippen LogP contribution in [-0.2, 0) is 11.3 Å². The van der Waals surface area contributed by atoms with Crippen molar-refractivity contribution < 1.29 is 4.79 Å². The van der Waals surface area contributed by atoms with Crippen molar-refractivity contribution in [3.05, 3.63) is 56.1 Å². The Morgan fingerprint density at radius 2 is 2.21 bits per heavy atom. The molecule has 0 aliphatic rings. The van der Waals surface area contributed by atoms with E-state index in [1.807, 2.05) is 13.0 Å². The summed E-state index contributed by atoms with van der Waals surface area (Å²) in [5, 5.41) is 2.84. The zero-order valence-electron chi connectivity index (χ0n) is 10.3. The van der Waals surface area contributed by atoms with Gasteiger partial charge in [0.25, 0.3) is 5.56 Å². The number of hydrogen-bond donors (Lipinski definition) is 1. The number of amides is 1. The summed E-state index contributed by atoms with van der Waals surface area (Å²) < 4.78 is 2.05. The van der Waals surface area contributed by atoms with Crippen LogP contribution in [0, 0.1) is 0 Å². The normalized spacial score (nSPS) is 12.1. The van der Waals surface area contributed by atoms with E-state index in [9.17, 15) is 9.59 Å². The summed E-state index contributed by atoms with van der Waals surface area (Å²) in [6.45, 7) is 1.90. The summed E-state index contributed by atoms with van der Waals surface area (Å²) in [5.74, 6) is -0.203. The van der Waals surface area contributed by atoms with Crippen LogP contribution in [0.15, 0.2) is 41.3 Å². The van der Waals surface area contributed by atoms with Gasteiger partial charge in [-0.3, -0.25) is 9.59 Å². The summed E-state index contributed by atoms with van der Waals surface area (Å²) in [7, 11) is 0. The Hall–Kier alpha value is -1.59. The Morgan fingerprint density at radius 1 is 1.42 bits per heavy atom. The zero-order chi connectivity index (χ0) is 13.8. The predicted molar refractivity (Wildman–Crippen MR) is 76.6 cm³/mol. The van der Waals surface area contributed by atoms with E-state index in [-0.39, 0.29) is 24.1 Å². The van der Waals surface area contributed by atoms with Crippen molar-refractivity contribution in [1.82, 2.24) is 9.88 Å². The van der Waals surface area contributed by atoms with Gasteiger partial charge >= 0.3 is 0 Å². The average Bonchev–Trinajstić information content (AvgIpc) is 2.79. The maximum absolute atomic E-state index is 11.9. The number of hydrogen-bond acceptors (Lipinski definition) is 3. The molecule has 6 heteroatoms. The molecule has 0 spiro atoms. The molecular weight excluding hydrogens is 284 g/mol. The summed E-state index contributed by atoms with van der Waals surface area (Å²) in [5.41, 5.74) is -0.190. The van der Waals surface area contributed by atoms with Crippen molar-refractivity contribution in [1.29, 1.82) is 0 Å². The number of nitrogens with one attached hydrogen (secondary N) is 1. The lowest BCUT2D eigenvalue weighted by molar-refractivity contribution is -0.122. The number of thiophene rings is 1. The summed E-state index contributed by atoms with van der Waals surface area (Å²) in [6.07, 6.45) is 1.59. The predicted octanol–water partition coefficient (Wildman–Crippen LogP) is 2.44. The van der Waals surface area contributed by atoms with Crippen LogP contribution in [0.4, 0.5) is 0 Å². The van der Waals surface area contributed by atoms with Gasteiger partial charge in [-0.15, -0.1) is 11.3 Å². The fourth-order valence-electron chi connectivity index (χ4n) is 1.67. The van der Waals surface area contributed by atoms with Gasteiger partial charge in [0, 0.05) is 17.1 Å². The lowest BCUT2D eigenvalue weighted by Gasteiger charge is -2.12.